The largest absolute Gasteiger partial charge is 0.315 e. The van der Waals surface area contributed by atoms with Crippen molar-refractivity contribution in [3.63, 3.8) is 0 Å². The number of nitrogens with zero attached hydrogens (tertiary/aromatic N) is 1. The second kappa shape index (κ2) is 6.45. The average molecular weight is 311 g/mol. The van der Waals surface area contributed by atoms with Crippen molar-refractivity contribution in [2.75, 3.05) is 7.05 Å². The van der Waals surface area contributed by atoms with Gasteiger partial charge in [-0.15, -0.1) is 11.3 Å². The Hall–Kier alpha value is -1.28. The van der Waals surface area contributed by atoms with Crippen LogP contribution in [0.2, 0.25) is 0 Å². The summed E-state index contributed by atoms with van der Waals surface area (Å²) in [5.41, 5.74) is 1.89. The fourth-order valence-corrected chi connectivity index (χ4v) is 4.02. The van der Waals surface area contributed by atoms with Crippen molar-refractivity contribution in [2.45, 2.75) is 24.9 Å². The maximum absolute atomic E-state index is 12.2. The normalized spacial score (nSPS) is 11.7. The van der Waals surface area contributed by atoms with E-state index in [-0.39, 0.29) is 6.54 Å². The van der Waals surface area contributed by atoms with Gasteiger partial charge in [0.2, 0.25) is 10.0 Å². The molecule has 0 saturated carbocycles. The van der Waals surface area contributed by atoms with E-state index in [1.165, 1.54) is 11.3 Å². The molecule has 2 aromatic heterocycles. The number of sulfonamides is 1. The molecule has 0 radical (unpaired) electrons. The van der Waals surface area contributed by atoms with Gasteiger partial charge in [-0.25, -0.2) is 13.1 Å². The Balaban J connectivity index is 2.09. The Morgan fingerprint density at radius 2 is 2.15 bits per heavy atom. The lowest BCUT2D eigenvalue weighted by atomic mass is 10.2. The molecule has 5 nitrogen and oxygen atoms in total. The first kappa shape index (κ1) is 15.1. The zero-order chi connectivity index (χ0) is 14.6. The van der Waals surface area contributed by atoms with Crippen molar-refractivity contribution in [3.8, 4) is 0 Å². The highest BCUT2D eigenvalue weighted by Crippen LogP contribution is 2.19. The molecule has 0 atom stereocenters. The van der Waals surface area contributed by atoms with Gasteiger partial charge in [0, 0.05) is 35.7 Å². The van der Waals surface area contributed by atoms with Gasteiger partial charge in [-0.1, -0.05) is 0 Å². The first-order valence-electron chi connectivity index (χ1n) is 6.14. The number of aryl methyl sites for hydroxylation is 1. The molecule has 0 spiro atoms. The third-order valence-corrected chi connectivity index (χ3v) is 5.35. The van der Waals surface area contributed by atoms with Crippen molar-refractivity contribution < 1.29 is 8.42 Å². The Bertz CT molecular complexity index is 680. The lowest BCUT2D eigenvalue weighted by molar-refractivity contribution is 0.581. The second-order valence-corrected chi connectivity index (χ2v) is 7.17. The van der Waals surface area contributed by atoms with Crippen LogP contribution in [-0.4, -0.2) is 20.4 Å². The summed E-state index contributed by atoms with van der Waals surface area (Å²) in [7, 11) is -1.63. The van der Waals surface area contributed by atoms with E-state index in [0.717, 1.165) is 16.0 Å². The molecule has 0 unspecified atom stereocenters. The summed E-state index contributed by atoms with van der Waals surface area (Å²) in [6.45, 7) is 2.85. The summed E-state index contributed by atoms with van der Waals surface area (Å²) in [5.74, 6) is 0. The van der Waals surface area contributed by atoms with Crippen LogP contribution in [0.3, 0.4) is 0 Å². The van der Waals surface area contributed by atoms with Gasteiger partial charge in [0.25, 0.3) is 0 Å². The zero-order valence-corrected chi connectivity index (χ0v) is 13.0. The summed E-state index contributed by atoms with van der Waals surface area (Å²) in [5, 5.41) is 4.66. The van der Waals surface area contributed by atoms with E-state index in [9.17, 15) is 8.42 Å². The number of hydrogen-bond donors (Lipinski definition) is 2. The van der Waals surface area contributed by atoms with Crippen molar-refractivity contribution in [2.24, 2.45) is 0 Å². The van der Waals surface area contributed by atoms with Gasteiger partial charge >= 0.3 is 0 Å². The lowest BCUT2D eigenvalue weighted by Crippen LogP contribution is -2.23. The fraction of sp³-hybridized carbons (Fsp3) is 0.308. The van der Waals surface area contributed by atoms with Crippen LogP contribution in [-0.2, 0) is 23.1 Å². The number of nitrogens with one attached hydrogen (secondary N) is 2. The molecule has 0 aliphatic heterocycles. The number of rotatable bonds is 6. The molecular formula is C13H17N3O2S2. The number of pyridine rings is 1. The number of thiophene rings is 1. The smallest absolute Gasteiger partial charge is 0.241 e. The first-order valence-corrected chi connectivity index (χ1v) is 8.50. The second-order valence-electron chi connectivity index (χ2n) is 4.41. The minimum Gasteiger partial charge on any atom is -0.315 e. The maximum Gasteiger partial charge on any atom is 0.241 e. The molecule has 2 N–H and O–H groups in total. The SMILES string of the molecule is CNCc1cc(S(=O)(=O)NCc2ccncc2C)cs1. The van der Waals surface area contributed by atoms with Crippen LogP contribution in [0.4, 0.5) is 0 Å². The fourth-order valence-electron chi connectivity index (χ4n) is 1.72. The van der Waals surface area contributed by atoms with Crippen LogP contribution in [0.1, 0.15) is 16.0 Å². The molecule has 0 fully saturated rings. The predicted molar refractivity (Wildman–Crippen MR) is 80.1 cm³/mol. The zero-order valence-electron chi connectivity index (χ0n) is 11.4. The quantitative estimate of drug-likeness (QED) is 0.851. The van der Waals surface area contributed by atoms with E-state index < -0.39 is 10.0 Å². The Morgan fingerprint density at radius 3 is 2.85 bits per heavy atom. The number of aromatic nitrogens is 1. The van der Waals surface area contributed by atoms with Crippen molar-refractivity contribution in [1.82, 2.24) is 15.0 Å². The van der Waals surface area contributed by atoms with E-state index in [1.807, 2.05) is 20.0 Å². The molecule has 0 aliphatic rings. The number of hydrogen-bond acceptors (Lipinski definition) is 5. The highest BCUT2D eigenvalue weighted by Gasteiger charge is 2.16. The summed E-state index contributed by atoms with van der Waals surface area (Å²) in [6, 6.07) is 3.51. The Labute approximate surface area is 123 Å². The molecule has 0 bridgehead atoms. The first-order chi connectivity index (χ1) is 9.53. The lowest BCUT2D eigenvalue weighted by Gasteiger charge is -2.07. The van der Waals surface area contributed by atoms with Gasteiger partial charge in [0.15, 0.2) is 0 Å². The molecule has 0 aromatic carbocycles. The molecule has 0 saturated heterocycles. The third kappa shape index (κ3) is 3.63. The Kier molecular flexibility index (Phi) is 4.87. The van der Waals surface area contributed by atoms with Gasteiger partial charge in [0.1, 0.15) is 0 Å². The average Bonchev–Trinajstić information content (AvgIpc) is 2.88. The van der Waals surface area contributed by atoms with Crippen LogP contribution in [0.5, 0.6) is 0 Å². The molecule has 2 aromatic rings. The van der Waals surface area contributed by atoms with E-state index in [0.29, 0.717) is 11.4 Å². The summed E-state index contributed by atoms with van der Waals surface area (Å²) in [6.07, 6.45) is 3.38. The van der Waals surface area contributed by atoms with Crippen molar-refractivity contribution >= 4 is 21.4 Å². The van der Waals surface area contributed by atoms with Crippen molar-refractivity contribution in [3.05, 3.63) is 45.9 Å². The molecule has 7 heteroatoms. The van der Waals surface area contributed by atoms with Crippen molar-refractivity contribution in [1.29, 1.82) is 0 Å². The van der Waals surface area contributed by atoms with Crippen LogP contribution >= 0.6 is 11.3 Å². The highest BCUT2D eigenvalue weighted by molar-refractivity contribution is 7.89. The summed E-state index contributed by atoms with van der Waals surface area (Å²) < 4.78 is 27.0. The molecule has 0 aliphatic carbocycles. The predicted octanol–water partition coefficient (Wildman–Crippen LogP) is 1.65. The van der Waals surface area contributed by atoms with Gasteiger partial charge in [-0.3, -0.25) is 4.98 Å². The maximum atomic E-state index is 12.2. The Morgan fingerprint density at radius 1 is 1.35 bits per heavy atom. The minimum absolute atomic E-state index is 0.272. The highest BCUT2D eigenvalue weighted by atomic mass is 32.2. The third-order valence-electron chi connectivity index (χ3n) is 2.88. The van der Waals surface area contributed by atoms with Crippen LogP contribution in [0.15, 0.2) is 34.8 Å². The van der Waals surface area contributed by atoms with E-state index in [2.05, 4.69) is 15.0 Å². The van der Waals surface area contributed by atoms with E-state index in [1.54, 1.807) is 23.8 Å². The molecular weight excluding hydrogens is 294 g/mol. The molecule has 2 rings (SSSR count). The van der Waals surface area contributed by atoms with Crippen LogP contribution in [0, 0.1) is 6.92 Å². The van der Waals surface area contributed by atoms with E-state index >= 15 is 0 Å². The molecule has 0 amide bonds. The van der Waals surface area contributed by atoms with Gasteiger partial charge < -0.3 is 5.32 Å². The van der Waals surface area contributed by atoms with Gasteiger partial charge in [-0.05, 0) is 37.2 Å². The minimum atomic E-state index is -3.46. The summed E-state index contributed by atoms with van der Waals surface area (Å²) in [4.78, 5) is 5.30. The molecule has 108 valence electrons. The molecule has 2 heterocycles. The van der Waals surface area contributed by atoms with Crippen LogP contribution < -0.4 is 10.0 Å². The summed E-state index contributed by atoms with van der Waals surface area (Å²) >= 11 is 1.43. The van der Waals surface area contributed by atoms with Crippen LogP contribution in [0.25, 0.3) is 0 Å². The topological polar surface area (TPSA) is 71.1 Å². The monoisotopic (exact) mass is 311 g/mol. The van der Waals surface area contributed by atoms with E-state index in [4.69, 9.17) is 0 Å². The van der Waals surface area contributed by atoms with Gasteiger partial charge in [-0.2, -0.15) is 0 Å². The standard InChI is InChI=1S/C13H17N3O2S2/c1-10-6-15-4-3-11(10)7-16-20(17,18)13-5-12(8-14-2)19-9-13/h3-6,9,14,16H,7-8H2,1-2H3. The molecule has 20 heavy (non-hydrogen) atoms. The van der Waals surface area contributed by atoms with Gasteiger partial charge in [0.05, 0.1) is 4.90 Å².